The molecule has 0 spiro atoms. The molecule has 1 unspecified atom stereocenters. The Morgan fingerprint density at radius 2 is 1.79 bits per heavy atom. The Morgan fingerprint density at radius 1 is 1.04 bits per heavy atom. The fraction of sp³-hybridized carbons (Fsp3) is 0.429. The normalized spacial score (nSPS) is 12.6. The number of benzene rings is 2. The van der Waals surface area contributed by atoms with Crippen LogP contribution in [0.4, 0.5) is 0 Å². The lowest BCUT2D eigenvalue weighted by Crippen LogP contribution is -2.39. The van der Waals surface area contributed by atoms with Gasteiger partial charge in [0, 0.05) is 19.1 Å². The first-order valence-corrected chi connectivity index (χ1v) is 8.62. The van der Waals surface area contributed by atoms with Gasteiger partial charge in [0.05, 0.1) is 0 Å². The summed E-state index contributed by atoms with van der Waals surface area (Å²) in [5.74, 6) is 0.839. The fourth-order valence-electron chi connectivity index (χ4n) is 2.73. The lowest BCUT2D eigenvalue weighted by atomic mass is 10.1. The Hall–Kier alpha value is -1.84. The largest absolute Gasteiger partial charge is 0.491 e. The second-order valence-electron chi connectivity index (χ2n) is 6.74. The number of para-hydroxylation sites is 1. The van der Waals surface area contributed by atoms with Gasteiger partial charge in [-0.15, -0.1) is 0 Å². The van der Waals surface area contributed by atoms with E-state index in [-0.39, 0.29) is 0 Å². The van der Waals surface area contributed by atoms with Crippen LogP contribution < -0.4 is 4.74 Å². The van der Waals surface area contributed by atoms with Crippen LogP contribution in [-0.2, 0) is 6.54 Å². The first kappa shape index (κ1) is 18.5. The smallest absolute Gasteiger partial charge is 0.122 e. The molecule has 1 atom stereocenters. The van der Waals surface area contributed by atoms with Crippen LogP contribution in [-0.4, -0.2) is 35.3 Å². The van der Waals surface area contributed by atoms with Gasteiger partial charge in [0.25, 0.3) is 0 Å². The van der Waals surface area contributed by atoms with Gasteiger partial charge in [0.15, 0.2) is 0 Å². The second-order valence-corrected chi connectivity index (χ2v) is 6.74. The van der Waals surface area contributed by atoms with Crippen LogP contribution in [0, 0.1) is 13.8 Å². The summed E-state index contributed by atoms with van der Waals surface area (Å²) in [5.41, 5.74) is 3.63. The van der Waals surface area contributed by atoms with Crippen molar-refractivity contribution in [3.8, 4) is 5.75 Å². The average Bonchev–Trinajstić information content (AvgIpc) is 2.53. The Kier molecular flexibility index (Phi) is 6.83. The first-order valence-electron chi connectivity index (χ1n) is 8.62. The molecule has 0 aliphatic heterocycles. The van der Waals surface area contributed by atoms with Crippen LogP contribution in [0.2, 0.25) is 0 Å². The lowest BCUT2D eigenvalue weighted by Gasteiger charge is -2.29. The highest BCUT2D eigenvalue weighted by molar-refractivity contribution is 5.31. The van der Waals surface area contributed by atoms with Gasteiger partial charge < -0.3 is 9.84 Å². The van der Waals surface area contributed by atoms with Crippen LogP contribution in [0.25, 0.3) is 0 Å². The number of hydrogen-bond acceptors (Lipinski definition) is 3. The molecular weight excluding hydrogens is 298 g/mol. The van der Waals surface area contributed by atoms with Gasteiger partial charge in [0.2, 0.25) is 0 Å². The maximum absolute atomic E-state index is 10.4. The Bertz CT molecular complexity index is 639. The molecule has 3 nitrogen and oxygen atoms in total. The summed E-state index contributed by atoms with van der Waals surface area (Å²) in [6.45, 7) is 10.2. The highest BCUT2D eigenvalue weighted by Gasteiger charge is 2.16. The zero-order valence-corrected chi connectivity index (χ0v) is 15.2. The molecule has 0 aliphatic rings. The van der Waals surface area contributed by atoms with Gasteiger partial charge in [-0.2, -0.15) is 0 Å². The molecule has 3 heteroatoms. The number of nitrogens with zero attached hydrogens (tertiary/aromatic N) is 1. The predicted octanol–water partition coefficient (Wildman–Crippen LogP) is 3.95. The quantitative estimate of drug-likeness (QED) is 0.797. The number of rotatable bonds is 8. The maximum Gasteiger partial charge on any atom is 0.122 e. The zero-order chi connectivity index (χ0) is 17.5. The van der Waals surface area contributed by atoms with Crippen LogP contribution in [0.1, 0.15) is 30.5 Å². The third-order valence-corrected chi connectivity index (χ3v) is 4.17. The predicted molar refractivity (Wildman–Crippen MR) is 99.4 cm³/mol. The van der Waals surface area contributed by atoms with Crippen LogP contribution in [0.5, 0.6) is 5.75 Å². The molecule has 0 radical (unpaired) electrons. The second kappa shape index (κ2) is 8.86. The van der Waals surface area contributed by atoms with Gasteiger partial charge >= 0.3 is 0 Å². The lowest BCUT2D eigenvalue weighted by molar-refractivity contribution is 0.0541. The molecule has 0 saturated carbocycles. The van der Waals surface area contributed by atoms with Crippen molar-refractivity contribution < 1.29 is 9.84 Å². The third-order valence-electron chi connectivity index (χ3n) is 4.17. The first-order chi connectivity index (χ1) is 11.5. The minimum absolute atomic E-state index is 0.307. The molecular formula is C21H29NO2. The van der Waals surface area contributed by atoms with Gasteiger partial charge in [-0.05, 0) is 44.9 Å². The topological polar surface area (TPSA) is 32.7 Å². The maximum atomic E-state index is 10.4. The summed E-state index contributed by atoms with van der Waals surface area (Å²) in [7, 11) is 0. The minimum atomic E-state index is -0.517. The molecule has 2 aromatic rings. The number of ether oxygens (including phenoxy) is 1. The van der Waals surface area contributed by atoms with Gasteiger partial charge in [-0.3, -0.25) is 4.90 Å². The minimum Gasteiger partial charge on any atom is -0.491 e. The molecule has 0 amide bonds. The van der Waals surface area contributed by atoms with E-state index in [9.17, 15) is 5.11 Å². The van der Waals surface area contributed by atoms with E-state index in [4.69, 9.17) is 4.74 Å². The molecule has 0 bridgehead atoms. The molecule has 0 aromatic heterocycles. The average molecular weight is 327 g/mol. The zero-order valence-electron chi connectivity index (χ0n) is 15.2. The monoisotopic (exact) mass is 327 g/mol. The Balaban J connectivity index is 1.91. The van der Waals surface area contributed by atoms with Crippen LogP contribution in [0.3, 0.4) is 0 Å². The van der Waals surface area contributed by atoms with Crippen molar-refractivity contribution in [3.05, 3.63) is 65.2 Å². The number of aliphatic hydroxyl groups excluding tert-OH is 1. The van der Waals surface area contributed by atoms with Crippen molar-refractivity contribution in [2.24, 2.45) is 0 Å². The van der Waals surface area contributed by atoms with E-state index >= 15 is 0 Å². The van der Waals surface area contributed by atoms with E-state index in [0.29, 0.717) is 19.2 Å². The molecule has 0 fully saturated rings. The van der Waals surface area contributed by atoms with Crippen LogP contribution in [0.15, 0.2) is 48.5 Å². The van der Waals surface area contributed by atoms with E-state index in [1.807, 2.05) is 31.2 Å². The van der Waals surface area contributed by atoms with Gasteiger partial charge in [-0.1, -0.05) is 48.0 Å². The van der Waals surface area contributed by atoms with E-state index in [1.165, 1.54) is 11.1 Å². The molecule has 2 rings (SSSR count). The summed E-state index contributed by atoms with van der Waals surface area (Å²) in [6, 6.07) is 16.8. The summed E-state index contributed by atoms with van der Waals surface area (Å²) >= 11 is 0. The van der Waals surface area contributed by atoms with Crippen LogP contribution >= 0.6 is 0 Å². The molecule has 0 saturated heterocycles. The van der Waals surface area contributed by atoms with E-state index in [2.05, 4.69) is 49.9 Å². The number of aryl methyl sites for hydroxylation is 2. The van der Waals surface area contributed by atoms with E-state index in [1.54, 1.807) is 0 Å². The summed E-state index contributed by atoms with van der Waals surface area (Å²) in [6.07, 6.45) is -0.517. The third kappa shape index (κ3) is 5.66. The summed E-state index contributed by atoms with van der Waals surface area (Å²) < 4.78 is 5.77. The molecule has 0 heterocycles. The van der Waals surface area contributed by atoms with E-state index < -0.39 is 6.10 Å². The summed E-state index contributed by atoms with van der Waals surface area (Å²) in [5, 5.41) is 10.4. The Labute approximate surface area is 145 Å². The van der Waals surface area contributed by atoms with Crippen molar-refractivity contribution in [1.82, 2.24) is 4.90 Å². The van der Waals surface area contributed by atoms with Crippen molar-refractivity contribution in [2.45, 2.75) is 46.4 Å². The van der Waals surface area contributed by atoms with Gasteiger partial charge in [-0.25, -0.2) is 0 Å². The Morgan fingerprint density at radius 3 is 2.46 bits per heavy atom. The standard InChI is InChI=1S/C21H29NO2/c1-16(2)22(13-19-10-7-8-17(3)12-19)14-20(23)15-24-21-11-6-5-9-18(21)4/h5-12,16,20,23H,13-15H2,1-4H3. The number of aliphatic hydroxyl groups is 1. The highest BCUT2D eigenvalue weighted by atomic mass is 16.5. The van der Waals surface area contributed by atoms with Crippen molar-refractivity contribution in [3.63, 3.8) is 0 Å². The molecule has 130 valence electrons. The molecule has 0 aliphatic carbocycles. The van der Waals surface area contributed by atoms with E-state index in [0.717, 1.165) is 17.9 Å². The van der Waals surface area contributed by atoms with Gasteiger partial charge in [0.1, 0.15) is 18.5 Å². The summed E-state index contributed by atoms with van der Waals surface area (Å²) in [4.78, 5) is 2.28. The fourth-order valence-corrected chi connectivity index (χ4v) is 2.73. The van der Waals surface area contributed by atoms with Crippen molar-refractivity contribution in [1.29, 1.82) is 0 Å². The molecule has 2 aromatic carbocycles. The molecule has 1 N–H and O–H groups in total. The van der Waals surface area contributed by atoms with Crippen molar-refractivity contribution in [2.75, 3.05) is 13.2 Å². The SMILES string of the molecule is Cc1cccc(CN(CC(O)COc2ccccc2C)C(C)C)c1. The molecule has 24 heavy (non-hydrogen) atoms. The number of hydrogen-bond donors (Lipinski definition) is 1. The highest BCUT2D eigenvalue weighted by Crippen LogP contribution is 2.17. The van der Waals surface area contributed by atoms with Crippen molar-refractivity contribution >= 4 is 0 Å².